The zero-order valence-electron chi connectivity index (χ0n) is 25.1. The number of benzene rings is 3. The van der Waals surface area contributed by atoms with Crippen molar-refractivity contribution >= 4 is 33.1 Å². The van der Waals surface area contributed by atoms with E-state index in [0.29, 0.717) is 17.2 Å². The summed E-state index contributed by atoms with van der Waals surface area (Å²) in [5, 5.41) is 1.03. The number of fused-ring (bicyclic) bond motifs is 5. The van der Waals surface area contributed by atoms with E-state index in [1.54, 1.807) is 43.5 Å². The molecule has 6 rings (SSSR count). The fourth-order valence-electron chi connectivity index (χ4n) is 6.28. The summed E-state index contributed by atoms with van der Waals surface area (Å²) < 4.78 is 46.6. The van der Waals surface area contributed by atoms with Crippen molar-refractivity contribution in [1.29, 1.82) is 0 Å². The maximum Gasteiger partial charge on any atom is 0.338 e. The zero-order chi connectivity index (χ0) is 30.4. The van der Waals surface area contributed by atoms with E-state index in [1.807, 2.05) is 61.7 Å². The number of esters is 1. The van der Waals surface area contributed by atoms with Crippen LogP contribution in [0.5, 0.6) is 11.5 Å². The molecule has 0 radical (unpaired) electrons. The third-order valence-corrected chi connectivity index (χ3v) is 9.47. The first-order valence-corrected chi connectivity index (χ1v) is 16.2. The van der Waals surface area contributed by atoms with Crippen LogP contribution in [0, 0.1) is 0 Å². The quantitative estimate of drug-likeness (QED) is 0.165. The number of hydrogen-bond acceptors (Lipinski definition) is 6. The number of aromatic nitrogens is 1. The van der Waals surface area contributed by atoms with Crippen LogP contribution >= 0.6 is 0 Å². The number of carbonyl (C=O) groups is 1. The van der Waals surface area contributed by atoms with Gasteiger partial charge in [-0.2, -0.15) is 8.42 Å². The Morgan fingerprint density at radius 2 is 1.65 bits per heavy atom. The van der Waals surface area contributed by atoms with E-state index >= 15 is 0 Å². The van der Waals surface area contributed by atoms with Gasteiger partial charge in [0.2, 0.25) is 0 Å². The largest absolute Gasteiger partial charge is 0.497 e. The molecule has 1 saturated carbocycles. The molecule has 0 spiro atoms. The van der Waals surface area contributed by atoms with Crippen molar-refractivity contribution in [1.82, 2.24) is 4.57 Å². The Morgan fingerprint density at radius 1 is 0.907 bits per heavy atom. The SMILES string of the molecule is COc1ccc2c(c1)C=C(S(=O)(=O)Oc1ccccc1)Cn1c-2c(C2CCCCC2)c2ccc(C(=O)OC(C)(C)C)cc21. The van der Waals surface area contributed by atoms with Gasteiger partial charge in [0.15, 0.2) is 0 Å². The number of nitrogens with zero attached hydrogens (tertiary/aromatic N) is 1. The van der Waals surface area contributed by atoms with Crippen molar-refractivity contribution in [2.24, 2.45) is 0 Å². The lowest BCUT2D eigenvalue weighted by Crippen LogP contribution is -2.23. The second kappa shape index (κ2) is 11.2. The van der Waals surface area contributed by atoms with Gasteiger partial charge in [-0.25, -0.2) is 4.79 Å². The van der Waals surface area contributed by atoms with Crippen molar-refractivity contribution in [2.75, 3.05) is 7.11 Å². The fraction of sp³-hybridized carbons (Fsp3) is 0.343. The molecule has 2 heterocycles. The minimum atomic E-state index is -4.19. The van der Waals surface area contributed by atoms with Crippen LogP contribution in [0.25, 0.3) is 28.2 Å². The average molecular weight is 600 g/mol. The van der Waals surface area contributed by atoms with Gasteiger partial charge in [-0.1, -0.05) is 43.5 Å². The molecular weight excluding hydrogens is 562 g/mol. The van der Waals surface area contributed by atoms with Crippen LogP contribution in [0.15, 0.2) is 71.6 Å². The average Bonchev–Trinajstić information content (AvgIpc) is 3.18. The Hall–Kier alpha value is -4.04. The smallest absolute Gasteiger partial charge is 0.338 e. The van der Waals surface area contributed by atoms with E-state index in [9.17, 15) is 13.2 Å². The van der Waals surface area contributed by atoms with Gasteiger partial charge in [-0.3, -0.25) is 0 Å². The molecule has 1 aliphatic heterocycles. The summed E-state index contributed by atoms with van der Waals surface area (Å²) in [5.41, 5.74) is 4.40. The molecule has 224 valence electrons. The zero-order valence-corrected chi connectivity index (χ0v) is 25.9. The predicted molar refractivity (Wildman–Crippen MR) is 169 cm³/mol. The topological polar surface area (TPSA) is 83.8 Å². The van der Waals surface area contributed by atoms with Gasteiger partial charge in [0, 0.05) is 16.5 Å². The fourth-order valence-corrected chi connectivity index (χ4v) is 7.31. The van der Waals surface area contributed by atoms with Crippen LogP contribution in [-0.4, -0.2) is 31.7 Å². The molecule has 0 N–H and O–H groups in total. The minimum absolute atomic E-state index is 0.0441. The van der Waals surface area contributed by atoms with Crippen LogP contribution in [0.4, 0.5) is 0 Å². The highest BCUT2D eigenvalue weighted by Gasteiger charge is 2.33. The van der Waals surface area contributed by atoms with Crippen LogP contribution in [0.3, 0.4) is 0 Å². The van der Waals surface area contributed by atoms with Crippen molar-refractivity contribution in [3.05, 3.63) is 88.3 Å². The molecule has 1 aliphatic carbocycles. The van der Waals surface area contributed by atoms with Crippen molar-refractivity contribution in [2.45, 2.75) is 70.9 Å². The monoisotopic (exact) mass is 599 g/mol. The molecule has 4 aromatic rings. The van der Waals surface area contributed by atoms with Crippen molar-refractivity contribution < 1.29 is 26.9 Å². The van der Waals surface area contributed by atoms with Crippen molar-refractivity contribution in [3.8, 4) is 22.8 Å². The van der Waals surface area contributed by atoms with Gasteiger partial charge in [0.25, 0.3) is 0 Å². The molecule has 8 heteroatoms. The second-order valence-corrected chi connectivity index (χ2v) is 13.9. The molecule has 43 heavy (non-hydrogen) atoms. The Bertz CT molecular complexity index is 1820. The Labute approximate surface area is 253 Å². The maximum absolute atomic E-state index is 13.8. The summed E-state index contributed by atoms with van der Waals surface area (Å²) in [6.07, 6.45) is 7.30. The first kappa shape index (κ1) is 29.1. The Kier molecular flexibility index (Phi) is 7.59. The van der Waals surface area contributed by atoms with E-state index in [-0.39, 0.29) is 17.2 Å². The number of ether oxygens (including phenoxy) is 2. The molecule has 0 unspecified atom stereocenters. The van der Waals surface area contributed by atoms with Gasteiger partial charge in [-0.15, -0.1) is 0 Å². The van der Waals surface area contributed by atoms with Crippen LogP contribution in [0.1, 0.15) is 80.3 Å². The predicted octanol–water partition coefficient (Wildman–Crippen LogP) is 8.08. The van der Waals surface area contributed by atoms with E-state index in [2.05, 4.69) is 0 Å². The highest BCUT2D eigenvalue weighted by Crippen LogP contribution is 2.47. The summed E-state index contributed by atoms with van der Waals surface area (Å²) in [6, 6.07) is 20.0. The highest BCUT2D eigenvalue weighted by molar-refractivity contribution is 7.91. The number of hydrogen-bond donors (Lipinski definition) is 0. The van der Waals surface area contributed by atoms with Gasteiger partial charge in [0.1, 0.15) is 22.0 Å². The summed E-state index contributed by atoms with van der Waals surface area (Å²) in [6.45, 7) is 5.57. The van der Waals surface area contributed by atoms with Crippen LogP contribution in [-0.2, 0) is 21.4 Å². The number of carbonyl (C=O) groups excluding carboxylic acids is 1. The summed E-state index contributed by atoms with van der Waals surface area (Å²) in [7, 11) is -2.59. The van der Waals surface area contributed by atoms with E-state index in [1.165, 1.54) is 12.0 Å². The first-order valence-electron chi connectivity index (χ1n) is 14.8. The summed E-state index contributed by atoms with van der Waals surface area (Å²) in [4.78, 5) is 13.3. The lowest BCUT2D eigenvalue weighted by Gasteiger charge is -2.24. The van der Waals surface area contributed by atoms with Crippen LogP contribution in [0.2, 0.25) is 0 Å². The van der Waals surface area contributed by atoms with Gasteiger partial charge in [-0.05, 0) is 99.2 Å². The Morgan fingerprint density at radius 3 is 2.35 bits per heavy atom. The number of rotatable bonds is 6. The molecule has 0 bridgehead atoms. The third-order valence-electron chi connectivity index (χ3n) is 8.17. The van der Waals surface area contributed by atoms with Crippen LogP contribution < -0.4 is 8.92 Å². The minimum Gasteiger partial charge on any atom is -0.497 e. The molecule has 2 aliphatic rings. The molecule has 0 saturated heterocycles. The van der Waals surface area contributed by atoms with E-state index in [4.69, 9.17) is 13.7 Å². The first-order chi connectivity index (χ1) is 20.5. The maximum atomic E-state index is 13.8. The number of allylic oxidation sites excluding steroid dienone is 1. The van der Waals surface area contributed by atoms with Gasteiger partial charge < -0.3 is 18.2 Å². The molecule has 7 nitrogen and oxygen atoms in total. The normalized spacial score (nSPS) is 15.7. The summed E-state index contributed by atoms with van der Waals surface area (Å²) >= 11 is 0. The van der Waals surface area contributed by atoms with Gasteiger partial charge >= 0.3 is 16.1 Å². The molecule has 1 fully saturated rings. The highest BCUT2D eigenvalue weighted by atomic mass is 32.2. The van der Waals surface area contributed by atoms with E-state index < -0.39 is 21.7 Å². The molecule has 1 aromatic heterocycles. The number of methoxy groups -OCH3 is 1. The molecule has 0 atom stereocenters. The van der Waals surface area contributed by atoms with Gasteiger partial charge in [0.05, 0.1) is 24.9 Å². The summed E-state index contributed by atoms with van der Waals surface area (Å²) in [5.74, 6) is 0.769. The Balaban J connectivity index is 1.60. The number of para-hydroxylation sites is 1. The standard InChI is InChI=1S/C35H37NO6S/c1-35(2,3)41-34(37)24-15-17-30-31(21-24)36-22-28(43(38,39)42-26-13-9-6-10-14-26)20-25-19-27(40-4)16-18-29(25)33(36)32(30)23-11-7-5-8-12-23/h6,9-10,13-21,23H,5,7-8,11-12,22H2,1-4H3. The second-order valence-electron chi connectivity index (χ2n) is 12.3. The molecular formula is C35H37NO6S. The third kappa shape index (κ3) is 5.80. The molecule has 3 aromatic carbocycles. The lowest BCUT2D eigenvalue weighted by atomic mass is 9.81. The van der Waals surface area contributed by atoms with Crippen molar-refractivity contribution in [3.63, 3.8) is 0 Å². The molecule has 0 amide bonds. The lowest BCUT2D eigenvalue weighted by molar-refractivity contribution is 0.00696. The van der Waals surface area contributed by atoms with E-state index in [0.717, 1.165) is 53.4 Å².